The average molecular weight is 244 g/mol. The Bertz CT molecular complexity index is 172. The standard InChI is InChI=1S/C14H28O3/c1-3-5-7-13(16)9-10-14(8-6-4-2)17-12-11-15/h14-15H,3-12H2,1-2H3. The van der Waals surface area contributed by atoms with Gasteiger partial charge >= 0.3 is 0 Å². The number of aliphatic hydroxyl groups is 1. The Labute approximate surface area is 106 Å². The quantitative estimate of drug-likeness (QED) is 0.574. The molecule has 1 N–H and O–H groups in total. The third-order valence-corrected chi connectivity index (χ3v) is 2.88. The van der Waals surface area contributed by atoms with Crippen LogP contribution in [0.4, 0.5) is 0 Å². The van der Waals surface area contributed by atoms with Gasteiger partial charge in [0.1, 0.15) is 5.78 Å². The van der Waals surface area contributed by atoms with E-state index in [2.05, 4.69) is 13.8 Å². The number of carbonyl (C=O) groups excluding carboxylic acids is 1. The van der Waals surface area contributed by atoms with E-state index in [0.717, 1.165) is 38.5 Å². The van der Waals surface area contributed by atoms with Gasteiger partial charge in [0, 0.05) is 12.8 Å². The molecule has 0 saturated carbocycles. The van der Waals surface area contributed by atoms with E-state index in [4.69, 9.17) is 9.84 Å². The summed E-state index contributed by atoms with van der Waals surface area (Å²) in [6.07, 6.45) is 7.62. The maximum absolute atomic E-state index is 11.5. The number of Topliss-reactive ketones (excluding diaryl/α,β-unsaturated/α-hetero) is 1. The number of hydrogen-bond acceptors (Lipinski definition) is 3. The van der Waals surface area contributed by atoms with Crippen molar-refractivity contribution in [3.8, 4) is 0 Å². The van der Waals surface area contributed by atoms with Crippen molar-refractivity contribution in [3.05, 3.63) is 0 Å². The van der Waals surface area contributed by atoms with Crippen molar-refractivity contribution in [2.45, 2.75) is 71.3 Å². The summed E-state index contributed by atoms with van der Waals surface area (Å²) in [5.41, 5.74) is 0. The zero-order chi connectivity index (χ0) is 12.9. The largest absolute Gasteiger partial charge is 0.394 e. The Hall–Kier alpha value is -0.410. The second kappa shape index (κ2) is 12.1. The van der Waals surface area contributed by atoms with Gasteiger partial charge < -0.3 is 9.84 Å². The third-order valence-electron chi connectivity index (χ3n) is 2.88. The highest BCUT2D eigenvalue weighted by atomic mass is 16.5. The molecule has 0 amide bonds. The van der Waals surface area contributed by atoms with E-state index in [0.29, 0.717) is 25.2 Å². The van der Waals surface area contributed by atoms with Crippen LogP contribution in [0.3, 0.4) is 0 Å². The van der Waals surface area contributed by atoms with Gasteiger partial charge in [0.15, 0.2) is 0 Å². The van der Waals surface area contributed by atoms with Gasteiger partial charge in [-0.2, -0.15) is 0 Å². The molecule has 0 aromatic heterocycles. The molecule has 0 aliphatic heterocycles. The Morgan fingerprint density at radius 2 is 1.82 bits per heavy atom. The van der Waals surface area contributed by atoms with E-state index < -0.39 is 0 Å². The second-order valence-electron chi connectivity index (χ2n) is 4.54. The molecular formula is C14H28O3. The number of rotatable bonds is 12. The summed E-state index contributed by atoms with van der Waals surface area (Å²) in [5.74, 6) is 0.348. The lowest BCUT2D eigenvalue weighted by Crippen LogP contribution is -2.17. The van der Waals surface area contributed by atoms with E-state index in [1.165, 1.54) is 0 Å². The van der Waals surface area contributed by atoms with Crippen LogP contribution in [0.1, 0.15) is 65.2 Å². The molecule has 0 fully saturated rings. The minimum absolute atomic E-state index is 0.0619. The lowest BCUT2D eigenvalue weighted by Gasteiger charge is -2.16. The zero-order valence-electron chi connectivity index (χ0n) is 11.4. The van der Waals surface area contributed by atoms with Gasteiger partial charge in [-0.05, 0) is 19.3 Å². The zero-order valence-corrected chi connectivity index (χ0v) is 11.4. The second-order valence-corrected chi connectivity index (χ2v) is 4.54. The van der Waals surface area contributed by atoms with E-state index in [1.54, 1.807) is 0 Å². The van der Waals surface area contributed by atoms with Gasteiger partial charge in [-0.15, -0.1) is 0 Å². The van der Waals surface area contributed by atoms with Crippen LogP contribution in [0.5, 0.6) is 0 Å². The van der Waals surface area contributed by atoms with Crippen LogP contribution in [0.2, 0.25) is 0 Å². The Morgan fingerprint density at radius 1 is 1.12 bits per heavy atom. The van der Waals surface area contributed by atoms with Crippen LogP contribution in [0, 0.1) is 0 Å². The van der Waals surface area contributed by atoms with Crippen LogP contribution >= 0.6 is 0 Å². The van der Waals surface area contributed by atoms with E-state index in [-0.39, 0.29) is 12.7 Å². The molecule has 0 aliphatic carbocycles. The van der Waals surface area contributed by atoms with Gasteiger partial charge in [-0.1, -0.05) is 33.1 Å². The van der Waals surface area contributed by atoms with Crippen molar-refractivity contribution in [3.63, 3.8) is 0 Å². The topological polar surface area (TPSA) is 46.5 Å². The molecule has 17 heavy (non-hydrogen) atoms. The summed E-state index contributed by atoms with van der Waals surface area (Å²) >= 11 is 0. The summed E-state index contributed by atoms with van der Waals surface area (Å²) < 4.78 is 5.55. The van der Waals surface area contributed by atoms with E-state index in [1.807, 2.05) is 0 Å². The molecule has 0 aromatic carbocycles. The maximum Gasteiger partial charge on any atom is 0.133 e. The molecule has 3 heteroatoms. The predicted molar refractivity (Wildman–Crippen MR) is 70.1 cm³/mol. The molecule has 1 unspecified atom stereocenters. The summed E-state index contributed by atoms with van der Waals surface area (Å²) in [4.78, 5) is 11.5. The molecule has 0 bridgehead atoms. The van der Waals surface area contributed by atoms with Crippen molar-refractivity contribution in [2.24, 2.45) is 0 Å². The minimum Gasteiger partial charge on any atom is -0.394 e. The molecule has 1 atom stereocenters. The highest BCUT2D eigenvalue weighted by Gasteiger charge is 2.11. The smallest absolute Gasteiger partial charge is 0.133 e. The molecule has 3 nitrogen and oxygen atoms in total. The Morgan fingerprint density at radius 3 is 2.41 bits per heavy atom. The van der Waals surface area contributed by atoms with Crippen molar-refractivity contribution < 1.29 is 14.6 Å². The maximum atomic E-state index is 11.5. The minimum atomic E-state index is 0.0619. The van der Waals surface area contributed by atoms with E-state index in [9.17, 15) is 4.79 Å². The van der Waals surface area contributed by atoms with Crippen LogP contribution < -0.4 is 0 Å². The first-order valence-corrected chi connectivity index (χ1v) is 6.98. The van der Waals surface area contributed by atoms with Crippen molar-refractivity contribution >= 4 is 5.78 Å². The lowest BCUT2D eigenvalue weighted by atomic mass is 10.0. The Kier molecular flexibility index (Phi) is 11.8. The van der Waals surface area contributed by atoms with Gasteiger partial charge in [-0.3, -0.25) is 4.79 Å². The molecule has 0 saturated heterocycles. The first kappa shape index (κ1) is 16.6. The number of ether oxygens (including phenoxy) is 1. The number of ketones is 1. The van der Waals surface area contributed by atoms with Crippen molar-refractivity contribution in [1.82, 2.24) is 0 Å². The van der Waals surface area contributed by atoms with Gasteiger partial charge in [-0.25, -0.2) is 0 Å². The SMILES string of the molecule is CCCCC(=O)CCC(CCCC)OCCO. The normalized spacial score (nSPS) is 12.6. The molecule has 0 heterocycles. The molecule has 102 valence electrons. The summed E-state index contributed by atoms with van der Waals surface area (Å²) in [7, 11) is 0. The number of unbranched alkanes of at least 4 members (excludes halogenated alkanes) is 2. The number of aliphatic hydroxyl groups excluding tert-OH is 1. The van der Waals surface area contributed by atoms with Gasteiger partial charge in [0.25, 0.3) is 0 Å². The van der Waals surface area contributed by atoms with Crippen LogP contribution in [0.15, 0.2) is 0 Å². The van der Waals surface area contributed by atoms with Gasteiger partial charge in [0.05, 0.1) is 19.3 Å². The molecular weight excluding hydrogens is 216 g/mol. The fraction of sp³-hybridized carbons (Fsp3) is 0.929. The first-order chi connectivity index (χ1) is 8.24. The van der Waals surface area contributed by atoms with Crippen LogP contribution in [-0.2, 0) is 9.53 Å². The van der Waals surface area contributed by atoms with Crippen LogP contribution in [-0.4, -0.2) is 30.2 Å². The molecule has 0 aromatic rings. The monoisotopic (exact) mass is 244 g/mol. The van der Waals surface area contributed by atoms with Gasteiger partial charge in [0.2, 0.25) is 0 Å². The first-order valence-electron chi connectivity index (χ1n) is 6.98. The third kappa shape index (κ3) is 10.5. The fourth-order valence-electron chi connectivity index (χ4n) is 1.78. The molecule has 0 spiro atoms. The summed E-state index contributed by atoms with van der Waals surface area (Å²) in [6, 6.07) is 0. The van der Waals surface area contributed by atoms with Crippen molar-refractivity contribution in [1.29, 1.82) is 0 Å². The lowest BCUT2D eigenvalue weighted by molar-refractivity contribution is -0.120. The van der Waals surface area contributed by atoms with Crippen LogP contribution in [0.25, 0.3) is 0 Å². The average Bonchev–Trinajstić information content (AvgIpc) is 2.35. The Balaban J connectivity index is 3.75. The van der Waals surface area contributed by atoms with E-state index >= 15 is 0 Å². The molecule has 0 aliphatic rings. The highest BCUT2D eigenvalue weighted by molar-refractivity contribution is 5.78. The van der Waals surface area contributed by atoms with Crippen molar-refractivity contribution in [2.75, 3.05) is 13.2 Å². The molecule has 0 rings (SSSR count). The number of hydrogen-bond donors (Lipinski definition) is 1. The highest BCUT2D eigenvalue weighted by Crippen LogP contribution is 2.12. The number of carbonyl (C=O) groups is 1. The predicted octanol–water partition coefficient (Wildman–Crippen LogP) is 3.09. The summed E-state index contributed by atoms with van der Waals surface area (Å²) in [6.45, 7) is 4.70. The molecule has 0 radical (unpaired) electrons. The fourth-order valence-corrected chi connectivity index (χ4v) is 1.78. The summed E-state index contributed by atoms with van der Waals surface area (Å²) in [5, 5.41) is 8.74.